The molecule has 0 spiro atoms. The molecule has 3 nitrogen and oxygen atoms in total. The monoisotopic (exact) mass is 306 g/mol. The van der Waals surface area contributed by atoms with E-state index < -0.39 is 6.36 Å². The minimum absolute atomic E-state index is 0.165. The minimum atomic E-state index is -4.66. The number of alkyl halides is 3. The Kier molecular flexibility index (Phi) is 5.76. The van der Waals surface area contributed by atoms with Gasteiger partial charge in [-0.1, -0.05) is 24.4 Å². The maximum Gasteiger partial charge on any atom is 0.573 e. The number of hydrogen-bond acceptors (Lipinski definition) is 3. The Morgan fingerprint density at radius 2 is 1.90 bits per heavy atom. The van der Waals surface area contributed by atoms with Gasteiger partial charge in [0.1, 0.15) is 5.75 Å². The molecule has 0 aliphatic rings. The number of rotatable bonds is 6. The molecule has 20 heavy (non-hydrogen) atoms. The average molecular weight is 306 g/mol. The van der Waals surface area contributed by atoms with Crippen molar-refractivity contribution >= 4 is 17.2 Å². The van der Waals surface area contributed by atoms with Gasteiger partial charge < -0.3 is 10.5 Å². The number of nitrogens with zero attached hydrogens (tertiary/aromatic N) is 1. The summed E-state index contributed by atoms with van der Waals surface area (Å²) in [5.41, 5.74) is 6.37. The summed E-state index contributed by atoms with van der Waals surface area (Å²) >= 11 is 4.85. The normalized spacial score (nSPS) is 13.3. The number of hydrogen-bond donors (Lipinski definition) is 1. The van der Waals surface area contributed by atoms with Gasteiger partial charge in [0.2, 0.25) is 0 Å². The summed E-state index contributed by atoms with van der Waals surface area (Å²) in [5.74, 6) is -0.222. The van der Waals surface area contributed by atoms with Crippen LogP contribution in [-0.2, 0) is 6.54 Å². The lowest BCUT2D eigenvalue weighted by molar-refractivity contribution is -0.274. The molecule has 1 aromatic carbocycles. The molecule has 0 amide bonds. The first-order chi connectivity index (χ1) is 9.17. The molecule has 1 rings (SSSR count). The summed E-state index contributed by atoms with van der Waals surface area (Å²) in [5, 5.41) is 0. The van der Waals surface area contributed by atoms with E-state index in [2.05, 4.69) is 4.74 Å². The summed E-state index contributed by atoms with van der Waals surface area (Å²) in [6.45, 7) is 2.58. The second kappa shape index (κ2) is 6.90. The Morgan fingerprint density at radius 1 is 1.35 bits per heavy atom. The van der Waals surface area contributed by atoms with Crippen molar-refractivity contribution < 1.29 is 17.9 Å². The van der Waals surface area contributed by atoms with E-state index in [1.54, 1.807) is 12.1 Å². The molecule has 112 valence electrons. The predicted molar refractivity (Wildman–Crippen MR) is 75.5 cm³/mol. The average Bonchev–Trinajstić information content (AvgIpc) is 2.28. The molecule has 0 aliphatic heterocycles. The molecule has 0 aromatic heterocycles. The number of ether oxygens (including phenoxy) is 1. The second-order valence-corrected chi connectivity index (χ2v) is 5.15. The van der Waals surface area contributed by atoms with E-state index in [9.17, 15) is 13.2 Å². The summed E-state index contributed by atoms with van der Waals surface area (Å²) < 4.78 is 39.9. The fourth-order valence-electron chi connectivity index (χ4n) is 1.69. The Hall–Kier alpha value is -1.34. The van der Waals surface area contributed by atoms with Crippen LogP contribution in [0.15, 0.2) is 24.3 Å². The van der Waals surface area contributed by atoms with Gasteiger partial charge >= 0.3 is 6.36 Å². The van der Waals surface area contributed by atoms with Crippen molar-refractivity contribution in [3.8, 4) is 5.75 Å². The van der Waals surface area contributed by atoms with Crippen LogP contribution in [0.1, 0.15) is 18.9 Å². The molecular weight excluding hydrogens is 289 g/mol. The van der Waals surface area contributed by atoms with Crippen molar-refractivity contribution in [3.05, 3.63) is 29.8 Å². The molecule has 0 radical (unpaired) electrons. The van der Waals surface area contributed by atoms with Crippen LogP contribution in [0, 0.1) is 0 Å². The van der Waals surface area contributed by atoms with E-state index in [4.69, 9.17) is 18.0 Å². The lowest BCUT2D eigenvalue weighted by atomic mass is 10.1. The van der Waals surface area contributed by atoms with Crippen molar-refractivity contribution in [2.24, 2.45) is 5.73 Å². The largest absolute Gasteiger partial charge is 0.573 e. The molecule has 1 aromatic rings. The van der Waals surface area contributed by atoms with Crippen LogP contribution in [0.25, 0.3) is 0 Å². The number of halogens is 3. The van der Waals surface area contributed by atoms with E-state index in [1.807, 2.05) is 18.9 Å². The Balaban J connectivity index is 2.59. The highest BCUT2D eigenvalue weighted by molar-refractivity contribution is 7.80. The third kappa shape index (κ3) is 6.21. The van der Waals surface area contributed by atoms with Crippen LogP contribution in [0.5, 0.6) is 5.75 Å². The van der Waals surface area contributed by atoms with Crippen LogP contribution in [0.4, 0.5) is 13.2 Å². The topological polar surface area (TPSA) is 38.5 Å². The smallest absolute Gasteiger partial charge is 0.406 e. The van der Waals surface area contributed by atoms with Crippen molar-refractivity contribution in [1.29, 1.82) is 0 Å². The van der Waals surface area contributed by atoms with Gasteiger partial charge in [0.05, 0.1) is 4.99 Å². The zero-order valence-corrected chi connectivity index (χ0v) is 12.1. The molecule has 7 heteroatoms. The van der Waals surface area contributed by atoms with Gasteiger partial charge in [0.15, 0.2) is 0 Å². The van der Waals surface area contributed by atoms with Gasteiger partial charge in [0, 0.05) is 19.0 Å². The number of benzene rings is 1. The van der Waals surface area contributed by atoms with Crippen LogP contribution in [-0.4, -0.2) is 29.3 Å². The maximum atomic E-state index is 12.0. The van der Waals surface area contributed by atoms with E-state index in [-0.39, 0.29) is 11.8 Å². The molecule has 1 unspecified atom stereocenters. The lowest BCUT2D eigenvalue weighted by Crippen LogP contribution is -2.32. The van der Waals surface area contributed by atoms with Gasteiger partial charge in [0.25, 0.3) is 0 Å². The summed E-state index contributed by atoms with van der Waals surface area (Å²) in [7, 11) is 1.91. The van der Waals surface area contributed by atoms with E-state index >= 15 is 0 Å². The van der Waals surface area contributed by atoms with Crippen molar-refractivity contribution in [3.63, 3.8) is 0 Å². The quantitative estimate of drug-likeness (QED) is 0.820. The van der Waals surface area contributed by atoms with Gasteiger partial charge in [-0.05, 0) is 31.7 Å². The van der Waals surface area contributed by atoms with Gasteiger partial charge in [-0.25, -0.2) is 0 Å². The minimum Gasteiger partial charge on any atom is -0.406 e. The zero-order valence-electron chi connectivity index (χ0n) is 11.3. The molecule has 0 saturated heterocycles. The molecule has 0 bridgehead atoms. The highest BCUT2D eigenvalue weighted by Gasteiger charge is 2.30. The molecule has 0 aliphatic carbocycles. The number of thiocarbonyl (C=S) groups is 1. The fraction of sp³-hybridized carbons (Fsp3) is 0.462. The van der Waals surface area contributed by atoms with E-state index in [1.165, 1.54) is 12.1 Å². The van der Waals surface area contributed by atoms with Crippen molar-refractivity contribution in [2.75, 3.05) is 7.05 Å². The highest BCUT2D eigenvalue weighted by Crippen LogP contribution is 2.23. The van der Waals surface area contributed by atoms with E-state index in [0.717, 1.165) is 5.56 Å². The molecule has 0 fully saturated rings. The first-order valence-electron chi connectivity index (χ1n) is 6.00. The second-order valence-electron chi connectivity index (χ2n) is 4.63. The van der Waals surface area contributed by atoms with Crippen LogP contribution in [0.2, 0.25) is 0 Å². The molecule has 0 saturated carbocycles. The predicted octanol–water partition coefficient (Wildman–Crippen LogP) is 3.08. The molecule has 2 N–H and O–H groups in total. The molecule has 0 heterocycles. The Morgan fingerprint density at radius 3 is 2.35 bits per heavy atom. The summed E-state index contributed by atoms with van der Waals surface area (Å²) in [6.07, 6.45) is -4.06. The third-order valence-electron chi connectivity index (χ3n) is 2.84. The molecule has 1 atom stereocenters. The molecular formula is C13H17F3N2OS. The maximum absolute atomic E-state index is 12.0. The fourth-order valence-corrected chi connectivity index (χ4v) is 1.93. The van der Waals surface area contributed by atoms with Crippen LogP contribution in [0.3, 0.4) is 0 Å². The summed E-state index contributed by atoms with van der Waals surface area (Å²) in [4.78, 5) is 2.47. The first-order valence-corrected chi connectivity index (χ1v) is 6.41. The third-order valence-corrected chi connectivity index (χ3v) is 3.00. The highest BCUT2D eigenvalue weighted by atomic mass is 32.1. The van der Waals surface area contributed by atoms with Crippen LogP contribution < -0.4 is 10.5 Å². The van der Waals surface area contributed by atoms with Gasteiger partial charge in [-0.15, -0.1) is 13.2 Å². The van der Waals surface area contributed by atoms with Gasteiger partial charge in [-0.3, -0.25) is 4.90 Å². The SMILES string of the molecule is CC(CC(N)=S)N(C)Cc1ccc(OC(F)(F)F)cc1. The van der Waals surface area contributed by atoms with Gasteiger partial charge in [-0.2, -0.15) is 0 Å². The Bertz CT molecular complexity index is 448. The first kappa shape index (κ1) is 16.7. The van der Waals surface area contributed by atoms with E-state index in [0.29, 0.717) is 18.0 Å². The lowest BCUT2D eigenvalue weighted by Gasteiger charge is -2.24. The number of nitrogens with two attached hydrogens (primary N) is 1. The van der Waals surface area contributed by atoms with Crippen LogP contribution >= 0.6 is 12.2 Å². The zero-order chi connectivity index (χ0) is 15.3. The Labute approximate surface area is 121 Å². The summed E-state index contributed by atoms with van der Waals surface area (Å²) in [6, 6.07) is 5.97. The standard InChI is InChI=1S/C13H17F3N2OS/c1-9(7-12(17)20)18(2)8-10-3-5-11(6-4-10)19-13(14,15)16/h3-6,9H,7-8H2,1-2H3,(H2,17,20). The van der Waals surface area contributed by atoms with Crippen molar-refractivity contribution in [1.82, 2.24) is 4.90 Å². The van der Waals surface area contributed by atoms with Crippen molar-refractivity contribution in [2.45, 2.75) is 32.3 Å².